The summed E-state index contributed by atoms with van der Waals surface area (Å²) in [6.45, 7) is 2.13. The van der Waals surface area contributed by atoms with Crippen molar-refractivity contribution in [3.05, 3.63) is 34.4 Å². The summed E-state index contributed by atoms with van der Waals surface area (Å²) in [5.74, 6) is 0.203. The molecule has 0 aromatic carbocycles. The molecule has 23 heavy (non-hydrogen) atoms. The van der Waals surface area contributed by atoms with Crippen LogP contribution in [0.1, 0.15) is 25.5 Å². The van der Waals surface area contributed by atoms with E-state index >= 15 is 0 Å². The van der Waals surface area contributed by atoms with E-state index in [9.17, 15) is 9.90 Å². The van der Waals surface area contributed by atoms with Gasteiger partial charge < -0.3 is 10.8 Å². The number of allylic oxidation sites excluding steroid dienone is 1. The van der Waals surface area contributed by atoms with Crippen molar-refractivity contribution in [2.75, 3.05) is 5.73 Å². The number of nitrogen functional groups attached to an aromatic ring is 1. The third-order valence-electron chi connectivity index (χ3n) is 3.82. The lowest BCUT2D eigenvalue weighted by Crippen LogP contribution is -2.19. The summed E-state index contributed by atoms with van der Waals surface area (Å²) in [5.41, 5.74) is 6.98. The van der Waals surface area contributed by atoms with E-state index in [1.54, 1.807) is 13.1 Å². The van der Waals surface area contributed by atoms with Crippen molar-refractivity contribution in [2.24, 2.45) is 10.9 Å². The lowest BCUT2D eigenvalue weighted by molar-refractivity contribution is 0.144. The van der Waals surface area contributed by atoms with E-state index in [4.69, 9.17) is 5.73 Å². The first-order chi connectivity index (χ1) is 11.0. The van der Waals surface area contributed by atoms with Crippen LogP contribution < -0.4 is 11.3 Å². The highest BCUT2D eigenvalue weighted by atomic mass is 16.3. The van der Waals surface area contributed by atoms with Gasteiger partial charge >= 0.3 is 0 Å². The highest BCUT2D eigenvalue weighted by Crippen LogP contribution is 2.19. The fraction of sp³-hybridized carbons (Fsp3) is 0.400. The number of nitrogens with zero attached hydrogens (tertiary/aromatic N) is 4. The average Bonchev–Trinajstić information content (AvgIpc) is 2.53. The van der Waals surface area contributed by atoms with Gasteiger partial charge in [0.15, 0.2) is 11.2 Å². The lowest BCUT2D eigenvalue weighted by atomic mass is 9.91. The monoisotopic (exact) mass is 314 g/mol. The average molecular weight is 314 g/mol. The molecule has 0 spiro atoms. The number of nitrogens with one attached hydrogen (secondary N) is 1. The molecule has 0 bridgehead atoms. The smallest absolute Gasteiger partial charge is 0.280 e. The molecule has 8 nitrogen and oxygen atoms in total. The molecule has 0 amide bonds. The van der Waals surface area contributed by atoms with E-state index in [0.717, 1.165) is 18.6 Å². The van der Waals surface area contributed by atoms with Crippen LogP contribution in [0.2, 0.25) is 0 Å². The minimum Gasteiger partial charge on any atom is -0.393 e. The highest BCUT2D eigenvalue weighted by Gasteiger charge is 2.16. The Bertz CT molecular complexity index is 839. The largest absolute Gasteiger partial charge is 0.393 e. The van der Waals surface area contributed by atoms with Crippen molar-refractivity contribution < 1.29 is 5.11 Å². The number of aromatic amines is 1. The minimum absolute atomic E-state index is 0.0183. The Hall–Kier alpha value is -2.61. The Labute approximate surface area is 132 Å². The second-order valence-corrected chi connectivity index (χ2v) is 5.59. The normalized spacial score (nSPS) is 21.0. The summed E-state index contributed by atoms with van der Waals surface area (Å²) in [4.78, 5) is 31.0. The van der Waals surface area contributed by atoms with Crippen molar-refractivity contribution in [3.8, 4) is 0 Å². The molecule has 4 N–H and O–H groups in total. The molecule has 2 unspecified atom stereocenters. The number of rotatable bonds is 3. The summed E-state index contributed by atoms with van der Waals surface area (Å²) in [6, 6.07) is 0. The van der Waals surface area contributed by atoms with E-state index in [0.29, 0.717) is 12.2 Å². The number of anilines is 1. The van der Waals surface area contributed by atoms with Crippen LogP contribution in [-0.2, 0) is 6.54 Å². The maximum absolute atomic E-state index is 11.8. The van der Waals surface area contributed by atoms with Gasteiger partial charge in [0.1, 0.15) is 0 Å². The van der Waals surface area contributed by atoms with Crippen molar-refractivity contribution in [2.45, 2.75) is 32.4 Å². The third-order valence-corrected chi connectivity index (χ3v) is 3.82. The number of aromatic nitrogens is 4. The van der Waals surface area contributed by atoms with Crippen LogP contribution in [0.4, 0.5) is 5.95 Å². The van der Waals surface area contributed by atoms with Crippen LogP contribution in [0.25, 0.3) is 11.2 Å². The minimum atomic E-state index is -0.410. The topological polar surface area (TPSA) is 130 Å². The SMILES string of the molecule is CC(O)C1C=CC(=NCc2cnc3nc(N)[nH]c(=O)c3n2)CC1. The van der Waals surface area contributed by atoms with Gasteiger partial charge in [0, 0.05) is 11.6 Å². The Morgan fingerprint density at radius 3 is 3.04 bits per heavy atom. The Morgan fingerprint density at radius 2 is 2.35 bits per heavy atom. The van der Waals surface area contributed by atoms with Gasteiger partial charge in [0.05, 0.1) is 24.5 Å². The standard InChI is InChI=1S/C15H18N6O2/c1-8(22)9-2-4-10(5-3-9)17-6-11-7-18-13-12(19-11)14(23)21-15(16)20-13/h2,4,7-9,22H,3,5-6H2,1H3,(H3,16,18,20,21,23). The summed E-state index contributed by atoms with van der Waals surface area (Å²) < 4.78 is 0. The van der Waals surface area contributed by atoms with E-state index < -0.39 is 5.56 Å². The molecule has 1 aliphatic carbocycles. The molecule has 2 aromatic heterocycles. The van der Waals surface area contributed by atoms with Gasteiger partial charge in [-0.05, 0) is 25.8 Å². The zero-order chi connectivity index (χ0) is 16.4. The number of fused-ring (bicyclic) bond motifs is 1. The van der Waals surface area contributed by atoms with Crippen molar-refractivity contribution in [1.29, 1.82) is 0 Å². The summed E-state index contributed by atoms with van der Waals surface area (Å²) in [7, 11) is 0. The van der Waals surface area contributed by atoms with Gasteiger partial charge in [-0.25, -0.2) is 9.97 Å². The Kier molecular flexibility index (Phi) is 4.16. The molecule has 2 atom stereocenters. The van der Waals surface area contributed by atoms with E-state index in [1.165, 1.54) is 0 Å². The lowest BCUT2D eigenvalue weighted by Gasteiger charge is -2.19. The molecule has 0 radical (unpaired) electrons. The van der Waals surface area contributed by atoms with Crippen molar-refractivity contribution in [3.63, 3.8) is 0 Å². The van der Waals surface area contributed by atoms with E-state index in [-0.39, 0.29) is 29.1 Å². The molecular weight excluding hydrogens is 296 g/mol. The zero-order valence-electron chi connectivity index (χ0n) is 12.7. The molecule has 3 rings (SSSR count). The van der Waals surface area contributed by atoms with Crippen LogP contribution in [0.5, 0.6) is 0 Å². The summed E-state index contributed by atoms with van der Waals surface area (Å²) in [6.07, 6.45) is 6.81. The van der Waals surface area contributed by atoms with Gasteiger partial charge in [0.2, 0.25) is 5.95 Å². The molecule has 2 heterocycles. The third kappa shape index (κ3) is 3.42. The molecule has 0 saturated heterocycles. The fourth-order valence-corrected chi connectivity index (χ4v) is 2.49. The number of H-pyrrole nitrogens is 1. The van der Waals surface area contributed by atoms with E-state index in [2.05, 4.69) is 24.9 Å². The molecule has 120 valence electrons. The molecule has 0 aliphatic heterocycles. The van der Waals surface area contributed by atoms with Crippen LogP contribution >= 0.6 is 0 Å². The van der Waals surface area contributed by atoms with Crippen molar-refractivity contribution in [1.82, 2.24) is 19.9 Å². The number of nitrogens with two attached hydrogens (primary N) is 1. The molecule has 0 saturated carbocycles. The van der Waals surface area contributed by atoms with Gasteiger partial charge in [-0.1, -0.05) is 6.08 Å². The van der Waals surface area contributed by atoms with Gasteiger partial charge in [-0.3, -0.25) is 14.8 Å². The fourth-order valence-electron chi connectivity index (χ4n) is 2.49. The quantitative estimate of drug-likeness (QED) is 0.760. The van der Waals surface area contributed by atoms with Crippen LogP contribution in [0, 0.1) is 5.92 Å². The molecule has 2 aromatic rings. The number of hydrogen-bond donors (Lipinski definition) is 3. The molecular formula is C15H18N6O2. The zero-order valence-corrected chi connectivity index (χ0v) is 12.7. The van der Waals surface area contributed by atoms with Crippen molar-refractivity contribution >= 4 is 22.8 Å². The maximum atomic E-state index is 11.8. The molecule has 0 fully saturated rings. The second kappa shape index (κ2) is 6.25. The highest BCUT2D eigenvalue weighted by molar-refractivity contribution is 5.95. The van der Waals surface area contributed by atoms with Crippen LogP contribution in [0.3, 0.4) is 0 Å². The predicted molar refractivity (Wildman–Crippen MR) is 87.0 cm³/mol. The van der Waals surface area contributed by atoms with Crippen LogP contribution in [-0.4, -0.2) is 36.9 Å². The second-order valence-electron chi connectivity index (χ2n) is 5.59. The number of hydrogen-bond acceptors (Lipinski definition) is 7. The first-order valence-electron chi connectivity index (χ1n) is 7.44. The predicted octanol–water partition coefficient (Wildman–Crippen LogP) is 0.583. The number of aliphatic imine (C=N–C) groups is 1. The summed E-state index contributed by atoms with van der Waals surface area (Å²) >= 11 is 0. The van der Waals surface area contributed by atoms with Crippen LogP contribution in [0.15, 0.2) is 28.1 Å². The number of aliphatic hydroxyl groups is 1. The summed E-state index contributed by atoms with van der Waals surface area (Å²) in [5, 5.41) is 9.56. The van der Waals surface area contributed by atoms with Gasteiger partial charge in [-0.2, -0.15) is 4.98 Å². The van der Waals surface area contributed by atoms with Gasteiger partial charge in [0.25, 0.3) is 5.56 Å². The first-order valence-corrected chi connectivity index (χ1v) is 7.44. The maximum Gasteiger partial charge on any atom is 0.280 e. The molecule has 8 heteroatoms. The Balaban J connectivity index is 1.79. The molecule has 1 aliphatic rings. The van der Waals surface area contributed by atoms with E-state index in [1.807, 2.05) is 12.2 Å². The Morgan fingerprint density at radius 1 is 1.52 bits per heavy atom. The number of aliphatic hydroxyl groups excluding tert-OH is 1. The first kappa shape index (κ1) is 15.3. The van der Waals surface area contributed by atoms with Gasteiger partial charge in [-0.15, -0.1) is 0 Å².